The van der Waals surface area contributed by atoms with E-state index in [9.17, 15) is 5.26 Å². The Balaban J connectivity index is 1.96. The SMILES string of the molecule is Cc1cccc(C#N)c1Nc1ccc2c(c1)CCC2. The number of nitrogens with zero attached hydrogens (tertiary/aromatic N) is 1. The molecule has 19 heavy (non-hydrogen) atoms. The van der Waals surface area contributed by atoms with Crippen LogP contribution in [0, 0.1) is 18.3 Å². The Bertz CT molecular complexity index is 665. The molecule has 0 aliphatic heterocycles. The lowest BCUT2D eigenvalue weighted by Crippen LogP contribution is -1.97. The number of anilines is 2. The molecule has 2 heteroatoms. The Hall–Kier alpha value is -2.27. The maximum atomic E-state index is 9.19. The molecule has 0 saturated carbocycles. The lowest BCUT2D eigenvalue weighted by Gasteiger charge is -2.12. The topological polar surface area (TPSA) is 35.8 Å². The van der Waals surface area contributed by atoms with Crippen molar-refractivity contribution in [3.05, 3.63) is 58.7 Å². The minimum absolute atomic E-state index is 0.695. The molecular formula is C17H16N2. The van der Waals surface area contributed by atoms with Crippen LogP contribution in [0.2, 0.25) is 0 Å². The van der Waals surface area contributed by atoms with Gasteiger partial charge in [0.2, 0.25) is 0 Å². The second-order valence-corrected chi connectivity index (χ2v) is 5.07. The van der Waals surface area contributed by atoms with Gasteiger partial charge in [-0.3, -0.25) is 0 Å². The summed E-state index contributed by atoms with van der Waals surface area (Å²) in [6.45, 7) is 2.02. The predicted molar refractivity (Wildman–Crippen MR) is 77.6 cm³/mol. The molecule has 1 N–H and O–H groups in total. The highest BCUT2D eigenvalue weighted by molar-refractivity contribution is 5.70. The molecular weight excluding hydrogens is 232 g/mol. The summed E-state index contributed by atoms with van der Waals surface area (Å²) < 4.78 is 0. The predicted octanol–water partition coefficient (Wildman–Crippen LogP) is 4.10. The van der Waals surface area contributed by atoms with Crippen molar-refractivity contribution in [2.24, 2.45) is 0 Å². The molecule has 94 valence electrons. The first-order valence-electron chi connectivity index (χ1n) is 6.66. The third-order valence-electron chi connectivity index (χ3n) is 3.76. The van der Waals surface area contributed by atoms with Crippen LogP contribution < -0.4 is 5.32 Å². The van der Waals surface area contributed by atoms with E-state index in [0.717, 1.165) is 16.9 Å². The molecule has 0 spiro atoms. The average Bonchev–Trinajstić information content (AvgIpc) is 2.88. The summed E-state index contributed by atoms with van der Waals surface area (Å²) in [6, 6.07) is 14.6. The molecule has 0 heterocycles. The van der Waals surface area contributed by atoms with Gasteiger partial charge in [-0.25, -0.2) is 0 Å². The van der Waals surface area contributed by atoms with Gasteiger partial charge in [0.05, 0.1) is 11.3 Å². The van der Waals surface area contributed by atoms with Crippen molar-refractivity contribution in [1.29, 1.82) is 5.26 Å². The van der Waals surface area contributed by atoms with Crippen LogP contribution in [-0.2, 0) is 12.8 Å². The third kappa shape index (κ3) is 2.20. The van der Waals surface area contributed by atoms with Crippen LogP contribution in [0.4, 0.5) is 11.4 Å². The number of aryl methyl sites for hydroxylation is 3. The van der Waals surface area contributed by atoms with Gasteiger partial charge in [-0.2, -0.15) is 5.26 Å². The van der Waals surface area contributed by atoms with Crippen LogP contribution in [0.5, 0.6) is 0 Å². The third-order valence-corrected chi connectivity index (χ3v) is 3.76. The average molecular weight is 248 g/mol. The molecule has 1 aliphatic carbocycles. The van der Waals surface area contributed by atoms with E-state index in [1.165, 1.54) is 30.4 Å². The smallest absolute Gasteiger partial charge is 0.101 e. The summed E-state index contributed by atoms with van der Waals surface area (Å²) in [5.41, 5.74) is 6.70. The molecule has 1 aliphatic rings. The number of nitrogens with one attached hydrogen (secondary N) is 1. The van der Waals surface area contributed by atoms with Gasteiger partial charge >= 0.3 is 0 Å². The highest BCUT2D eigenvalue weighted by Crippen LogP contribution is 2.29. The first-order chi connectivity index (χ1) is 9.28. The number of rotatable bonds is 2. The van der Waals surface area contributed by atoms with E-state index in [2.05, 4.69) is 29.6 Å². The summed E-state index contributed by atoms with van der Waals surface area (Å²) >= 11 is 0. The largest absolute Gasteiger partial charge is 0.354 e. The fourth-order valence-electron chi connectivity index (χ4n) is 2.72. The van der Waals surface area contributed by atoms with Crippen molar-refractivity contribution in [2.45, 2.75) is 26.2 Å². The zero-order chi connectivity index (χ0) is 13.2. The van der Waals surface area contributed by atoms with Gasteiger partial charge in [0.25, 0.3) is 0 Å². The van der Waals surface area contributed by atoms with Crippen LogP contribution in [-0.4, -0.2) is 0 Å². The van der Waals surface area contributed by atoms with E-state index in [4.69, 9.17) is 0 Å². The Morgan fingerprint density at radius 1 is 1.11 bits per heavy atom. The van der Waals surface area contributed by atoms with Crippen LogP contribution in [0.25, 0.3) is 0 Å². The highest BCUT2D eigenvalue weighted by Gasteiger charge is 2.12. The monoisotopic (exact) mass is 248 g/mol. The maximum absolute atomic E-state index is 9.19. The van der Waals surface area contributed by atoms with E-state index in [1.807, 2.05) is 25.1 Å². The minimum Gasteiger partial charge on any atom is -0.354 e. The van der Waals surface area contributed by atoms with Gasteiger partial charge in [0.1, 0.15) is 6.07 Å². The van der Waals surface area contributed by atoms with Gasteiger partial charge < -0.3 is 5.32 Å². The van der Waals surface area contributed by atoms with Gasteiger partial charge in [0.15, 0.2) is 0 Å². The Labute approximate surface area is 113 Å². The van der Waals surface area contributed by atoms with Crippen molar-refractivity contribution < 1.29 is 0 Å². The molecule has 0 atom stereocenters. The zero-order valence-electron chi connectivity index (χ0n) is 11.0. The molecule has 0 fully saturated rings. The van der Waals surface area contributed by atoms with Crippen LogP contribution in [0.15, 0.2) is 36.4 Å². The van der Waals surface area contributed by atoms with Crippen LogP contribution >= 0.6 is 0 Å². The molecule has 0 saturated heterocycles. The lowest BCUT2D eigenvalue weighted by atomic mass is 10.1. The van der Waals surface area contributed by atoms with E-state index in [1.54, 1.807) is 0 Å². The molecule has 0 aromatic heterocycles. The van der Waals surface area contributed by atoms with Gasteiger partial charge in [-0.05, 0) is 61.1 Å². The second kappa shape index (κ2) is 4.78. The molecule has 3 rings (SSSR count). The Kier molecular flexibility index (Phi) is 2.97. The summed E-state index contributed by atoms with van der Waals surface area (Å²) in [5.74, 6) is 0. The quantitative estimate of drug-likeness (QED) is 0.868. The summed E-state index contributed by atoms with van der Waals surface area (Å²) in [7, 11) is 0. The van der Waals surface area contributed by atoms with Gasteiger partial charge in [0, 0.05) is 5.69 Å². The number of hydrogen-bond acceptors (Lipinski definition) is 2. The lowest BCUT2D eigenvalue weighted by molar-refractivity contribution is 0.912. The summed E-state index contributed by atoms with van der Waals surface area (Å²) in [6.07, 6.45) is 3.62. The Morgan fingerprint density at radius 2 is 1.95 bits per heavy atom. The minimum atomic E-state index is 0.695. The van der Waals surface area contributed by atoms with Gasteiger partial charge in [-0.1, -0.05) is 18.2 Å². The Morgan fingerprint density at radius 3 is 2.79 bits per heavy atom. The summed E-state index contributed by atoms with van der Waals surface area (Å²) in [5, 5.41) is 12.6. The summed E-state index contributed by atoms with van der Waals surface area (Å²) in [4.78, 5) is 0. The van der Waals surface area contributed by atoms with E-state index < -0.39 is 0 Å². The molecule has 2 aromatic rings. The molecule has 0 radical (unpaired) electrons. The number of hydrogen-bond donors (Lipinski definition) is 1. The van der Waals surface area contributed by atoms with Crippen molar-refractivity contribution in [3.63, 3.8) is 0 Å². The van der Waals surface area contributed by atoms with Crippen molar-refractivity contribution in [2.75, 3.05) is 5.32 Å². The number of nitriles is 1. The number of benzene rings is 2. The molecule has 0 bridgehead atoms. The zero-order valence-corrected chi connectivity index (χ0v) is 11.0. The standard InChI is InChI=1S/C17H16N2/c1-12-4-2-7-15(11-18)17(12)19-16-9-8-13-5-3-6-14(13)10-16/h2,4,7-10,19H,3,5-6H2,1H3. The maximum Gasteiger partial charge on any atom is 0.101 e. The number of para-hydroxylation sites is 1. The second-order valence-electron chi connectivity index (χ2n) is 5.07. The fourth-order valence-corrected chi connectivity index (χ4v) is 2.72. The van der Waals surface area contributed by atoms with E-state index >= 15 is 0 Å². The highest BCUT2D eigenvalue weighted by atomic mass is 14.9. The van der Waals surface area contributed by atoms with Gasteiger partial charge in [-0.15, -0.1) is 0 Å². The van der Waals surface area contributed by atoms with Crippen LogP contribution in [0.3, 0.4) is 0 Å². The molecule has 0 amide bonds. The molecule has 2 nitrogen and oxygen atoms in total. The van der Waals surface area contributed by atoms with Crippen LogP contribution in [0.1, 0.15) is 28.7 Å². The van der Waals surface area contributed by atoms with E-state index in [-0.39, 0.29) is 0 Å². The molecule has 2 aromatic carbocycles. The first-order valence-corrected chi connectivity index (χ1v) is 6.66. The first kappa shape index (κ1) is 11.8. The number of fused-ring (bicyclic) bond motifs is 1. The normalized spacial score (nSPS) is 12.8. The van der Waals surface area contributed by atoms with Crippen molar-refractivity contribution >= 4 is 11.4 Å². The van der Waals surface area contributed by atoms with E-state index in [0.29, 0.717) is 5.56 Å². The molecule has 0 unspecified atom stereocenters. The van der Waals surface area contributed by atoms with Crippen molar-refractivity contribution in [3.8, 4) is 6.07 Å². The van der Waals surface area contributed by atoms with Crippen molar-refractivity contribution in [1.82, 2.24) is 0 Å². The fraction of sp³-hybridized carbons (Fsp3) is 0.235.